The van der Waals surface area contributed by atoms with Gasteiger partial charge in [0.2, 0.25) is 11.9 Å². The number of aromatic amines is 4. The van der Waals surface area contributed by atoms with Crippen molar-refractivity contribution >= 4 is 0 Å². The van der Waals surface area contributed by atoms with Gasteiger partial charge in [-0.25, -0.2) is 0 Å². The minimum Gasteiger partial charge on any atom is -0.282 e. The molecule has 0 aliphatic carbocycles. The lowest BCUT2D eigenvalue weighted by atomic mass is 10.1. The molecule has 0 aliphatic rings. The third kappa shape index (κ3) is 10.2. The first-order valence-corrected chi connectivity index (χ1v) is 15.5. The molecule has 4 N–H and O–H groups in total. The van der Waals surface area contributed by atoms with Crippen molar-refractivity contribution in [1.29, 1.82) is 0 Å². The molecule has 8 aromatic rings. The number of aryl methyl sites for hydroxylation is 4. The highest BCUT2D eigenvalue weighted by atomic mass is 19.1. The van der Waals surface area contributed by atoms with Crippen LogP contribution in [0.15, 0.2) is 116 Å². The molecule has 50 heavy (non-hydrogen) atoms. The molecule has 0 aliphatic heterocycles. The summed E-state index contributed by atoms with van der Waals surface area (Å²) in [4.78, 5) is 12.3. The number of benzene rings is 1. The molecule has 0 radical (unpaired) electrons. The van der Waals surface area contributed by atoms with E-state index in [0.717, 1.165) is 34.0 Å². The molecule has 0 unspecified atom stereocenters. The fraction of sp³-hybridized carbons (Fsp3) is 0.108. The molecule has 7 heterocycles. The first-order chi connectivity index (χ1) is 24.2. The Morgan fingerprint density at radius 3 is 1.36 bits per heavy atom. The summed E-state index contributed by atoms with van der Waals surface area (Å²) in [6.07, 6.45) is 5.08. The van der Waals surface area contributed by atoms with Gasteiger partial charge in [0.1, 0.15) is 17.1 Å². The van der Waals surface area contributed by atoms with E-state index in [4.69, 9.17) is 0 Å². The van der Waals surface area contributed by atoms with Crippen molar-refractivity contribution in [3.05, 3.63) is 150 Å². The minimum atomic E-state index is -0.448. The Bertz CT molecular complexity index is 2050. The molecule has 0 bridgehead atoms. The van der Waals surface area contributed by atoms with E-state index >= 15 is 0 Å². The van der Waals surface area contributed by atoms with E-state index < -0.39 is 11.9 Å². The van der Waals surface area contributed by atoms with Crippen molar-refractivity contribution in [2.45, 2.75) is 27.7 Å². The predicted molar refractivity (Wildman–Crippen MR) is 188 cm³/mol. The zero-order valence-electron chi connectivity index (χ0n) is 27.9. The summed E-state index contributed by atoms with van der Waals surface area (Å²) in [5.41, 5.74) is 10.9. The Kier molecular flexibility index (Phi) is 11.8. The molecule has 8 rings (SSSR count). The van der Waals surface area contributed by atoms with Gasteiger partial charge in [-0.3, -0.25) is 35.3 Å². The molecule has 0 fully saturated rings. The van der Waals surface area contributed by atoms with Gasteiger partial charge in [-0.1, -0.05) is 35.9 Å². The van der Waals surface area contributed by atoms with E-state index in [9.17, 15) is 8.78 Å². The monoisotopic (exact) mass is 671 g/mol. The highest BCUT2D eigenvalue weighted by molar-refractivity contribution is 5.60. The second kappa shape index (κ2) is 17.0. The third-order valence-electron chi connectivity index (χ3n) is 6.85. The standard InChI is InChI=1S/C11H12N2.C9H8FN3.C9H9N3.C8H6FN3/c1-8-4-3-5-10(6-8)11-7-9(2)12-13-11;1-6-2-3-11-7(4-6)8-5-9(10)13-12-8;1-7-6-9(12-11-7)8-4-2-3-5-10-8;9-8-5-7(11-12-8)6-3-1-2-4-10-6/h3-7H,1-2H3,(H,12,13);2-5H,1H3,(H,12,13);2-6H,1H3,(H,11,12);1-5H,(H,11,12). The van der Waals surface area contributed by atoms with Crippen LogP contribution in [0.4, 0.5) is 8.78 Å². The van der Waals surface area contributed by atoms with Gasteiger partial charge in [0, 0.05) is 47.7 Å². The SMILES string of the molecule is Cc1cc(-c2ccccn2)n[nH]1.Cc1cccc(-c2cc(C)[nH]n2)c1.Cc1ccnc(-c2cc(F)[nH]n2)c1.Fc1cc(-c2ccccn2)n[nH]1. The van der Waals surface area contributed by atoms with Crippen molar-refractivity contribution in [1.82, 2.24) is 55.7 Å². The van der Waals surface area contributed by atoms with Gasteiger partial charge in [-0.2, -0.15) is 29.2 Å². The number of H-pyrrole nitrogens is 4. The van der Waals surface area contributed by atoms with Crippen LogP contribution in [0.5, 0.6) is 0 Å². The van der Waals surface area contributed by atoms with E-state index in [1.165, 1.54) is 23.3 Å². The number of nitrogens with one attached hydrogen (secondary N) is 4. The number of hydrogen-bond acceptors (Lipinski definition) is 7. The number of nitrogens with zero attached hydrogens (tertiary/aromatic N) is 7. The average molecular weight is 672 g/mol. The quantitative estimate of drug-likeness (QED) is 0.148. The molecular weight excluding hydrogens is 636 g/mol. The van der Waals surface area contributed by atoms with Gasteiger partial charge in [-0.15, -0.1) is 0 Å². The van der Waals surface area contributed by atoms with Crippen molar-refractivity contribution in [2.24, 2.45) is 0 Å². The van der Waals surface area contributed by atoms with E-state index in [-0.39, 0.29) is 0 Å². The van der Waals surface area contributed by atoms with E-state index in [0.29, 0.717) is 22.8 Å². The molecule has 0 saturated carbocycles. The van der Waals surface area contributed by atoms with Gasteiger partial charge in [0.25, 0.3) is 0 Å². The number of rotatable bonds is 4. The third-order valence-corrected chi connectivity index (χ3v) is 6.85. The highest BCUT2D eigenvalue weighted by Crippen LogP contribution is 2.19. The van der Waals surface area contributed by atoms with Crippen molar-refractivity contribution in [2.75, 3.05) is 0 Å². The maximum absolute atomic E-state index is 12.6. The second-order valence-corrected chi connectivity index (χ2v) is 11.1. The molecule has 0 saturated heterocycles. The number of halogens is 2. The molecule has 0 atom stereocenters. The predicted octanol–water partition coefficient (Wildman–Crippen LogP) is 8.00. The molecule has 1 aromatic carbocycles. The summed E-state index contributed by atoms with van der Waals surface area (Å²) in [7, 11) is 0. The van der Waals surface area contributed by atoms with Crippen LogP contribution in [-0.4, -0.2) is 55.7 Å². The average Bonchev–Trinajstić information content (AvgIpc) is 3.96. The van der Waals surface area contributed by atoms with Gasteiger partial charge in [0.05, 0.1) is 22.8 Å². The van der Waals surface area contributed by atoms with Crippen LogP contribution in [0.3, 0.4) is 0 Å². The zero-order valence-corrected chi connectivity index (χ0v) is 27.9. The van der Waals surface area contributed by atoms with Crippen LogP contribution in [0.1, 0.15) is 22.5 Å². The number of aromatic nitrogens is 11. The van der Waals surface area contributed by atoms with Crippen molar-refractivity contribution in [3.63, 3.8) is 0 Å². The highest BCUT2D eigenvalue weighted by Gasteiger charge is 2.05. The Labute approximate surface area is 287 Å². The van der Waals surface area contributed by atoms with Crippen LogP contribution in [0.2, 0.25) is 0 Å². The number of hydrogen-bond donors (Lipinski definition) is 4. The van der Waals surface area contributed by atoms with Crippen LogP contribution in [0, 0.1) is 39.6 Å². The minimum absolute atomic E-state index is 0.446. The summed E-state index contributed by atoms with van der Waals surface area (Å²) in [5, 5.41) is 26.0. The van der Waals surface area contributed by atoms with E-state index in [1.54, 1.807) is 30.7 Å². The number of pyridine rings is 3. The summed E-state index contributed by atoms with van der Waals surface area (Å²) < 4.78 is 25.0. The van der Waals surface area contributed by atoms with Crippen LogP contribution >= 0.6 is 0 Å². The Morgan fingerprint density at radius 1 is 0.400 bits per heavy atom. The van der Waals surface area contributed by atoms with Crippen LogP contribution in [0.25, 0.3) is 45.4 Å². The molecule has 13 heteroatoms. The summed E-state index contributed by atoms with van der Waals surface area (Å²) in [6.45, 7) is 8.02. The largest absolute Gasteiger partial charge is 0.282 e. The summed E-state index contributed by atoms with van der Waals surface area (Å²) in [5.74, 6) is -0.894. The fourth-order valence-corrected chi connectivity index (χ4v) is 4.48. The maximum atomic E-state index is 12.6. The van der Waals surface area contributed by atoms with Crippen molar-refractivity contribution < 1.29 is 8.78 Å². The molecule has 7 aromatic heterocycles. The molecule has 0 spiro atoms. The molecule has 0 amide bonds. The maximum Gasteiger partial charge on any atom is 0.209 e. The molecule has 252 valence electrons. The Morgan fingerprint density at radius 2 is 0.900 bits per heavy atom. The first kappa shape index (κ1) is 34.7. The van der Waals surface area contributed by atoms with E-state index in [1.807, 2.05) is 63.2 Å². The summed E-state index contributed by atoms with van der Waals surface area (Å²) >= 11 is 0. The van der Waals surface area contributed by atoms with Gasteiger partial charge in [0.15, 0.2) is 0 Å². The van der Waals surface area contributed by atoms with Crippen molar-refractivity contribution in [3.8, 4) is 45.4 Å². The topological polar surface area (TPSA) is 153 Å². The Balaban J connectivity index is 0.000000130. The van der Waals surface area contributed by atoms with E-state index in [2.05, 4.69) is 93.0 Å². The molecular formula is C37H35F2N11. The lowest BCUT2D eigenvalue weighted by molar-refractivity contribution is 0.579. The second-order valence-electron chi connectivity index (χ2n) is 11.1. The summed E-state index contributed by atoms with van der Waals surface area (Å²) in [6, 6.07) is 29.9. The lowest BCUT2D eigenvalue weighted by Gasteiger charge is -1.96. The normalized spacial score (nSPS) is 10.2. The van der Waals surface area contributed by atoms with Crippen LogP contribution in [-0.2, 0) is 0 Å². The zero-order chi connectivity index (χ0) is 35.3. The Hall–Kier alpha value is -6.63. The molecule has 11 nitrogen and oxygen atoms in total. The first-order valence-electron chi connectivity index (χ1n) is 15.5. The fourth-order valence-electron chi connectivity index (χ4n) is 4.48. The van der Waals surface area contributed by atoms with Gasteiger partial charge in [-0.05, 0) is 87.9 Å². The van der Waals surface area contributed by atoms with Gasteiger partial charge < -0.3 is 0 Å². The van der Waals surface area contributed by atoms with Gasteiger partial charge >= 0.3 is 0 Å². The van der Waals surface area contributed by atoms with Crippen LogP contribution < -0.4 is 0 Å². The lowest BCUT2D eigenvalue weighted by Crippen LogP contribution is -1.83. The smallest absolute Gasteiger partial charge is 0.209 e.